The van der Waals surface area contributed by atoms with E-state index in [2.05, 4.69) is 29.1 Å². The molecule has 5 nitrogen and oxygen atoms in total. The lowest BCUT2D eigenvalue weighted by atomic mass is 9.78. The van der Waals surface area contributed by atoms with Crippen LogP contribution >= 0.6 is 11.8 Å². The number of carbonyl (C=O) groups excluding carboxylic acids is 1. The molecule has 1 amide bonds. The lowest BCUT2D eigenvalue weighted by Gasteiger charge is -2.34. The highest BCUT2D eigenvalue weighted by Gasteiger charge is 2.28. The van der Waals surface area contributed by atoms with Crippen LogP contribution in [0.4, 0.5) is 0 Å². The number of amides is 1. The third-order valence-corrected chi connectivity index (χ3v) is 6.01. The minimum atomic E-state index is 0.0893. The Morgan fingerprint density at radius 1 is 1.40 bits per heavy atom. The number of aromatic amines is 1. The lowest BCUT2D eigenvalue weighted by Crippen LogP contribution is -2.44. The van der Waals surface area contributed by atoms with E-state index in [0.29, 0.717) is 30.2 Å². The van der Waals surface area contributed by atoms with Crippen LogP contribution in [0.3, 0.4) is 0 Å². The zero-order valence-corrected chi connectivity index (χ0v) is 16.0. The first-order chi connectivity index (χ1) is 12.1. The molecular weight excluding hydrogens is 334 g/mol. The number of H-pyrrole nitrogens is 1. The highest BCUT2D eigenvalue weighted by molar-refractivity contribution is 7.99. The molecule has 3 rings (SSSR count). The molecule has 0 radical (unpaired) electrons. The van der Waals surface area contributed by atoms with E-state index >= 15 is 0 Å². The number of ether oxygens (including phenoxy) is 1. The first kappa shape index (κ1) is 18.1. The third-order valence-electron chi connectivity index (χ3n) is 5.14. The Kier molecular flexibility index (Phi) is 5.89. The van der Waals surface area contributed by atoms with E-state index in [1.807, 2.05) is 25.1 Å². The van der Waals surface area contributed by atoms with E-state index < -0.39 is 0 Å². The van der Waals surface area contributed by atoms with Gasteiger partial charge in [0.25, 0.3) is 0 Å². The molecule has 1 heterocycles. The van der Waals surface area contributed by atoms with Gasteiger partial charge in [0.1, 0.15) is 5.75 Å². The molecule has 3 atom stereocenters. The SMILES string of the molecule is CCOc1ccc2nc(SCC(=O)NC3CCCC(C)C3C)[nH]c2c1. The second-order valence-corrected chi connectivity index (χ2v) is 7.85. The fourth-order valence-electron chi connectivity index (χ4n) is 3.46. The van der Waals surface area contributed by atoms with Crippen molar-refractivity contribution in [2.24, 2.45) is 11.8 Å². The highest BCUT2D eigenvalue weighted by Crippen LogP contribution is 2.29. The number of hydrogen-bond acceptors (Lipinski definition) is 4. The molecule has 2 N–H and O–H groups in total. The van der Waals surface area contributed by atoms with E-state index in [-0.39, 0.29) is 5.91 Å². The van der Waals surface area contributed by atoms with Gasteiger partial charge in [-0.2, -0.15) is 0 Å². The van der Waals surface area contributed by atoms with Gasteiger partial charge in [0.05, 0.1) is 23.4 Å². The van der Waals surface area contributed by atoms with Crippen LogP contribution in [0, 0.1) is 11.8 Å². The van der Waals surface area contributed by atoms with Crippen molar-refractivity contribution in [1.82, 2.24) is 15.3 Å². The van der Waals surface area contributed by atoms with E-state index in [1.54, 1.807) is 0 Å². The number of nitrogens with zero attached hydrogens (tertiary/aromatic N) is 1. The molecule has 3 unspecified atom stereocenters. The van der Waals surface area contributed by atoms with E-state index in [0.717, 1.165) is 28.4 Å². The summed E-state index contributed by atoms with van der Waals surface area (Å²) < 4.78 is 5.51. The van der Waals surface area contributed by atoms with Crippen molar-refractivity contribution in [2.45, 2.75) is 51.2 Å². The molecule has 0 spiro atoms. The molecule has 1 aliphatic carbocycles. The fraction of sp³-hybridized carbons (Fsp3) is 0.579. The largest absolute Gasteiger partial charge is 0.494 e. The molecule has 1 aliphatic rings. The van der Waals surface area contributed by atoms with Crippen LogP contribution in [0.25, 0.3) is 11.0 Å². The van der Waals surface area contributed by atoms with Gasteiger partial charge in [-0.3, -0.25) is 4.79 Å². The quantitative estimate of drug-likeness (QED) is 0.763. The Labute approximate surface area is 153 Å². The Morgan fingerprint density at radius 3 is 3.04 bits per heavy atom. The van der Waals surface area contributed by atoms with Gasteiger partial charge in [-0.25, -0.2) is 4.98 Å². The molecule has 1 aromatic heterocycles. The van der Waals surface area contributed by atoms with Crippen LogP contribution in [0.5, 0.6) is 5.75 Å². The Morgan fingerprint density at radius 2 is 2.24 bits per heavy atom. The second kappa shape index (κ2) is 8.13. The summed E-state index contributed by atoms with van der Waals surface area (Å²) in [5.41, 5.74) is 1.82. The Balaban J connectivity index is 1.55. The number of hydrogen-bond donors (Lipinski definition) is 2. The van der Waals surface area contributed by atoms with E-state index in [1.165, 1.54) is 24.6 Å². The van der Waals surface area contributed by atoms with Gasteiger partial charge in [0, 0.05) is 12.1 Å². The van der Waals surface area contributed by atoms with Crippen molar-refractivity contribution in [3.63, 3.8) is 0 Å². The van der Waals surface area contributed by atoms with Crippen LogP contribution in [0.1, 0.15) is 40.0 Å². The average molecular weight is 362 g/mol. The molecule has 0 bridgehead atoms. The number of carbonyl (C=O) groups is 1. The monoisotopic (exact) mass is 361 g/mol. The lowest BCUT2D eigenvalue weighted by molar-refractivity contribution is -0.120. The number of fused-ring (bicyclic) bond motifs is 1. The maximum atomic E-state index is 12.3. The summed E-state index contributed by atoms with van der Waals surface area (Å²) in [4.78, 5) is 20.1. The molecule has 0 saturated heterocycles. The molecule has 136 valence electrons. The van der Waals surface area contributed by atoms with E-state index in [4.69, 9.17) is 4.74 Å². The topological polar surface area (TPSA) is 67.0 Å². The number of nitrogens with one attached hydrogen (secondary N) is 2. The molecule has 6 heteroatoms. The average Bonchev–Trinajstić information content (AvgIpc) is 3.00. The van der Waals surface area contributed by atoms with Crippen LogP contribution < -0.4 is 10.1 Å². The Hall–Kier alpha value is -1.69. The summed E-state index contributed by atoms with van der Waals surface area (Å²) in [5.74, 6) is 2.53. The second-order valence-electron chi connectivity index (χ2n) is 6.88. The molecule has 2 aromatic rings. The van der Waals surface area contributed by atoms with Gasteiger partial charge < -0.3 is 15.0 Å². The van der Waals surface area contributed by atoms with Crippen molar-refractivity contribution in [1.29, 1.82) is 0 Å². The van der Waals surface area contributed by atoms with Gasteiger partial charge in [0.15, 0.2) is 5.16 Å². The summed E-state index contributed by atoms with van der Waals surface area (Å²) in [5, 5.41) is 3.97. The number of aromatic nitrogens is 2. The number of thioether (sulfide) groups is 1. The van der Waals surface area contributed by atoms with Crippen LogP contribution in [-0.2, 0) is 4.79 Å². The first-order valence-corrected chi connectivity index (χ1v) is 10.1. The van der Waals surface area contributed by atoms with Crippen molar-refractivity contribution >= 4 is 28.7 Å². The minimum Gasteiger partial charge on any atom is -0.494 e. The summed E-state index contributed by atoms with van der Waals surface area (Å²) in [6.45, 7) is 7.13. The number of rotatable bonds is 6. The molecule has 1 aromatic carbocycles. The van der Waals surface area contributed by atoms with Crippen molar-refractivity contribution in [2.75, 3.05) is 12.4 Å². The smallest absolute Gasteiger partial charge is 0.230 e. The summed E-state index contributed by atoms with van der Waals surface area (Å²) in [6.07, 6.45) is 3.56. The maximum Gasteiger partial charge on any atom is 0.230 e. The van der Waals surface area contributed by atoms with Crippen molar-refractivity contribution in [3.05, 3.63) is 18.2 Å². The minimum absolute atomic E-state index is 0.0893. The molecule has 1 saturated carbocycles. The van der Waals surface area contributed by atoms with Gasteiger partial charge in [-0.1, -0.05) is 38.5 Å². The number of benzene rings is 1. The zero-order chi connectivity index (χ0) is 17.8. The Bertz CT molecular complexity index is 731. The van der Waals surface area contributed by atoms with Crippen LogP contribution in [-0.4, -0.2) is 34.3 Å². The molecule has 0 aliphatic heterocycles. The molecular formula is C19H27N3O2S. The highest BCUT2D eigenvalue weighted by atomic mass is 32.2. The number of imidazole rings is 1. The van der Waals surface area contributed by atoms with Crippen molar-refractivity contribution in [3.8, 4) is 5.75 Å². The summed E-state index contributed by atoms with van der Waals surface area (Å²) in [6, 6.07) is 6.10. The predicted molar refractivity (Wildman–Crippen MR) is 102 cm³/mol. The van der Waals surface area contributed by atoms with E-state index in [9.17, 15) is 4.79 Å². The first-order valence-electron chi connectivity index (χ1n) is 9.11. The van der Waals surface area contributed by atoms with Gasteiger partial charge in [-0.05, 0) is 37.3 Å². The fourth-order valence-corrected chi connectivity index (χ4v) is 4.15. The summed E-state index contributed by atoms with van der Waals surface area (Å²) >= 11 is 1.44. The molecule has 25 heavy (non-hydrogen) atoms. The normalized spacial score (nSPS) is 23.6. The zero-order valence-electron chi connectivity index (χ0n) is 15.2. The van der Waals surface area contributed by atoms with Gasteiger partial charge in [-0.15, -0.1) is 0 Å². The summed E-state index contributed by atoms with van der Waals surface area (Å²) in [7, 11) is 0. The van der Waals surface area contributed by atoms with Crippen molar-refractivity contribution < 1.29 is 9.53 Å². The van der Waals surface area contributed by atoms with Crippen LogP contribution in [0.2, 0.25) is 0 Å². The maximum absolute atomic E-state index is 12.3. The molecule has 1 fully saturated rings. The van der Waals surface area contributed by atoms with Gasteiger partial charge >= 0.3 is 0 Å². The standard InChI is InChI=1S/C19H27N3O2S/c1-4-24-14-8-9-16-17(10-14)22-19(21-16)25-11-18(23)20-15-7-5-6-12(2)13(15)3/h8-10,12-13,15H,4-7,11H2,1-3H3,(H,20,23)(H,21,22). The third kappa shape index (κ3) is 4.48. The predicted octanol–water partition coefficient (Wildman–Crippen LogP) is 3.99. The van der Waals surface area contributed by atoms with Gasteiger partial charge in [0.2, 0.25) is 5.91 Å². The van der Waals surface area contributed by atoms with Crippen LogP contribution in [0.15, 0.2) is 23.4 Å².